The van der Waals surface area contributed by atoms with Gasteiger partial charge in [0.1, 0.15) is 5.75 Å². The molecule has 2 aromatic heterocycles. The first-order chi connectivity index (χ1) is 16.5. The van der Waals surface area contributed by atoms with Gasteiger partial charge in [-0.25, -0.2) is 0 Å². The highest BCUT2D eigenvalue weighted by atomic mass is 19.4. The van der Waals surface area contributed by atoms with Crippen molar-refractivity contribution in [1.82, 2.24) is 19.9 Å². The lowest BCUT2D eigenvalue weighted by atomic mass is 10.1. The third-order valence-electron chi connectivity index (χ3n) is 5.00. The van der Waals surface area contributed by atoms with Gasteiger partial charge in [0.25, 0.3) is 5.89 Å². The summed E-state index contributed by atoms with van der Waals surface area (Å²) in [6.07, 6.45) is -7.30. The summed E-state index contributed by atoms with van der Waals surface area (Å²) >= 11 is 0. The van der Waals surface area contributed by atoms with Gasteiger partial charge in [0.15, 0.2) is 5.69 Å². The Bertz CT molecular complexity index is 1310. The lowest BCUT2D eigenvalue weighted by Crippen LogP contribution is -2.23. The van der Waals surface area contributed by atoms with Gasteiger partial charge in [-0.05, 0) is 55.0 Å². The average molecular weight is 490 g/mol. The number of benzene rings is 2. The van der Waals surface area contributed by atoms with E-state index >= 15 is 0 Å². The van der Waals surface area contributed by atoms with Gasteiger partial charge < -0.3 is 9.26 Å². The molecule has 0 N–H and O–H groups in total. The predicted octanol–water partition coefficient (Wildman–Crippen LogP) is 6.52. The lowest BCUT2D eigenvalue weighted by Gasteiger charge is -2.16. The van der Waals surface area contributed by atoms with E-state index in [9.17, 15) is 22.0 Å². The zero-order chi connectivity index (χ0) is 25.2. The van der Waals surface area contributed by atoms with Gasteiger partial charge in [-0.3, -0.25) is 4.68 Å². The second-order valence-corrected chi connectivity index (χ2v) is 7.70. The van der Waals surface area contributed by atoms with E-state index in [1.165, 1.54) is 36.4 Å². The molecule has 182 valence electrons. The summed E-state index contributed by atoms with van der Waals surface area (Å²) in [5.41, 5.74) is 1.56. The molecule has 0 unspecified atom stereocenters. The van der Waals surface area contributed by atoms with Gasteiger partial charge in [-0.15, -0.1) is 6.58 Å². The second kappa shape index (κ2) is 9.32. The molecule has 4 aromatic rings. The summed E-state index contributed by atoms with van der Waals surface area (Å²) in [6.45, 7) is 5.32. The highest BCUT2D eigenvalue weighted by molar-refractivity contribution is 5.59. The SMILES string of the molecule is C=CCC(F)(F)Oc1ccc(-c2noc(-c3cc(C)n(Cc4ccc(C(F)(F)F)cc4)n3)n2)cc1. The van der Waals surface area contributed by atoms with Crippen molar-refractivity contribution < 1.29 is 31.2 Å². The normalized spacial score (nSPS) is 12.1. The van der Waals surface area contributed by atoms with Crippen LogP contribution in [0.4, 0.5) is 22.0 Å². The van der Waals surface area contributed by atoms with Crippen LogP contribution in [0.25, 0.3) is 23.0 Å². The van der Waals surface area contributed by atoms with Crippen LogP contribution in [0, 0.1) is 6.92 Å². The summed E-state index contributed by atoms with van der Waals surface area (Å²) in [5.74, 6) is 0.327. The molecular formula is C24H19F5N4O2. The van der Waals surface area contributed by atoms with Crippen LogP contribution in [-0.2, 0) is 12.7 Å². The summed E-state index contributed by atoms with van der Waals surface area (Å²) < 4.78 is 77.0. The minimum Gasteiger partial charge on any atom is -0.432 e. The molecule has 0 saturated carbocycles. The highest BCUT2D eigenvalue weighted by Crippen LogP contribution is 2.30. The van der Waals surface area contributed by atoms with E-state index in [1.54, 1.807) is 17.7 Å². The van der Waals surface area contributed by atoms with Gasteiger partial charge in [0.05, 0.1) is 18.5 Å². The van der Waals surface area contributed by atoms with Crippen LogP contribution < -0.4 is 4.74 Å². The number of aromatic nitrogens is 4. The topological polar surface area (TPSA) is 66.0 Å². The smallest absolute Gasteiger partial charge is 0.416 e. The summed E-state index contributed by atoms with van der Waals surface area (Å²) in [4.78, 5) is 4.30. The van der Waals surface area contributed by atoms with Gasteiger partial charge >= 0.3 is 12.3 Å². The summed E-state index contributed by atoms with van der Waals surface area (Å²) in [6, 6.07) is 12.3. The van der Waals surface area contributed by atoms with Crippen LogP contribution in [0.1, 0.15) is 23.2 Å². The molecule has 4 rings (SSSR count). The lowest BCUT2D eigenvalue weighted by molar-refractivity contribution is -0.172. The van der Waals surface area contributed by atoms with Gasteiger partial charge in [-0.1, -0.05) is 23.4 Å². The molecule has 0 aliphatic heterocycles. The largest absolute Gasteiger partial charge is 0.432 e. The first-order valence-corrected chi connectivity index (χ1v) is 10.4. The van der Waals surface area contributed by atoms with Crippen molar-refractivity contribution in [1.29, 1.82) is 0 Å². The van der Waals surface area contributed by atoms with Crippen molar-refractivity contribution in [3.8, 4) is 28.7 Å². The molecular weight excluding hydrogens is 471 g/mol. The first kappa shape index (κ1) is 24.1. The Balaban J connectivity index is 1.47. The Morgan fingerprint density at radius 1 is 1.03 bits per heavy atom. The number of alkyl halides is 5. The maximum atomic E-state index is 13.6. The number of rotatable bonds is 8. The Labute approximate surface area is 196 Å². The monoisotopic (exact) mass is 490 g/mol. The molecule has 2 heterocycles. The molecule has 2 aromatic carbocycles. The fraction of sp³-hybridized carbons (Fsp3) is 0.208. The van der Waals surface area contributed by atoms with Crippen molar-refractivity contribution in [2.75, 3.05) is 0 Å². The van der Waals surface area contributed by atoms with Crippen LogP contribution in [0.5, 0.6) is 5.75 Å². The molecule has 0 bridgehead atoms. The molecule has 0 fully saturated rings. The number of nitrogens with zero attached hydrogens (tertiary/aromatic N) is 4. The molecule has 0 atom stereocenters. The zero-order valence-corrected chi connectivity index (χ0v) is 18.4. The molecule has 0 amide bonds. The molecule has 0 aliphatic rings. The minimum absolute atomic E-state index is 0.0260. The van der Waals surface area contributed by atoms with Crippen molar-refractivity contribution in [3.63, 3.8) is 0 Å². The number of halogens is 5. The quantitative estimate of drug-likeness (QED) is 0.208. The maximum absolute atomic E-state index is 13.6. The summed E-state index contributed by atoms with van der Waals surface area (Å²) in [5, 5.41) is 8.32. The number of aryl methyl sites for hydroxylation is 1. The fourth-order valence-corrected chi connectivity index (χ4v) is 3.25. The molecule has 35 heavy (non-hydrogen) atoms. The third kappa shape index (κ3) is 5.73. The standard InChI is InChI=1S/C24H19F5N4O2/c1-3-12-23(25,26)34-19-10-6-17(7-11-19)21-30-22(35-32-21)20-13-15(2)33(31-20)14-16-4-8-18(9-5-16)24(27,28)29/h3-11,13H,1,12,14H2,2H3. The van der Waals surface area contributed by atoms with Crippen molar-refractivity contribution in [2.45, 2.75) is 32.2 Å². The van der Waals surface area contributed by atoms with E-state index in [0.29, 0.717) is 16.8 Å². The van der Waals surface area contributed by atoms with E-state index in [-0.39, 0.29) is 24.0 Å². The summed E-state index contributed by atoms with van der Waals surface area (Å²) in [7, 11) is 0. The Morgan fingerprint density at radius 3 is 2.34 bits per heavy atom. The predicted molar refractivity (Wildman–Crippen MR) is 117 cm³/mol. The average Bonchev–Trinajstić information content (AvgIpc) is 3.41. The second-order valence-electron chi connectivity index (χ2n) is 7.70. The molecule has 0 aliphatic carbocycles. The van der Waals surface area contributed by atoms with Crippen molar-refractivity contribution in [3.05, 3.63) is 84.1 Å². The maximum Gasteiger partial charge on any atom is 0.416 e. The van der Waals surface area contributed by atoms with Gasteiger partial charge in [0, 0.05) is 11.3 Å². The Hall–Kier alpha value is -4.02. The van der Waals surface area contributed by atoms with E-state index in [2.05, 4.69) is 26.6 Å². The molecule has 0 saturated heterocycles. The fourth-order valence-electron chi connectivity index (χ4n) is 3.25. The Kier molecular flexibility index (Phi) is 6.42. The van der Waals surface area contributed by atoms with Crippen LogP contribution in [0.15, 0.2) is 71.8 Å². The molecule has 0 radical (unpaired) electrons. The highest BCUT2D eigenvalue weighted by Gasteiger charge is 2.30. The third-order valence-corrected chi connectivity index (χ3v) is 5.00. The van der Waals surface area contributed by atoms with E-state index in [4.69, 9.17) is 4.52 Å². The van der Waals surface area contributed by atoms with E-state index in [1.807, 2.05) is 0 Å². The zero-order valence-electron chi connectivity index (χ0n) is 18.4. The van der Waals surface area contributed by atoms with Crippen LogP contribution in [0.3, 0.4) is 0 Å². The van der Waals surface area contributed by atoms with Gasteiger partial charge in [0.2, 0.25) is 5.82 Å². The molecule has 0 spiro atoms. The number of hydrogen-bond acceptors (Lipinski definition) is 5. The van der Waals surface area contributed by atoms with Crippen LogP contribution in [0.2, 0.25) is 0 Å². The van der Waals surface area contributed by atoms with Crippen LogP contribution in [-0.4, -0.2) is 26.0 Å². The Morgan fingerprint density at radius 2 is 1.71 bits per heavy atom. The minimum atomic E-state index is -4.40. The first-order valence-electron chi connectivity index (χ1n) is 10.4. The van der Waals surface area contributed by atoms with Crippen molar-refractivity contribution >= 4 is 0 Å². The van der Waals surface area contributed by atoms with Gasteiger partial charge in [-0.2, -0.15) is 32.0 Å². The number of ether oxygens (including phenoxy) is 1. The number of hydrogen-bond donors (Lipinski definition) is 0. The molecule has 6 nitrogen and oxygen atoms in total. The van der Waals surface area contributed by atoms with E-state index in [0.717, 1.165) is 23.9 Å². The van der Waals surface area contributed by atoms with Crippen molar-refractivity contribution in [2.24, 2.45) is 0 Å². The van der Waals surface area contributed by atoms with E-state index < -0.39 is 24.3 Å². The molecule has 11 heteroatoms. The van der Waals surface area contributed by atoms with Crippen LogP contribution >= 0.6 is 0 Å².